The predicted octanol–water partition coefficient (Wildman–Crippen LogP) is 15.0. The second-order valence-electron chi connectivity index (χ2n) is 20.8. The van der Waals surface area contributed by atoms with Gasteiger partial charge in [0.25, 0.3) is 11.1 Å². The number of halogens is 8. The van der Waals surface area contributed by atoms with Crippen molar-refractivity contribution in [1.29, 1.82) is 0 Å². The van der Waals surface area contributed by atoms with Crippen LogP contribution in [0, 0.1) is 24.5 Å². The van der Waals surface area contributed by atoms with Gasteiger partial charge in [-0.3, -0.25) is 19.2 Å². The fourth-order valence-electron chi connectivity index (χ4n) is 9.42. The van der Waals surface area contributed by atoms with Crippen LogP contribution in [0.25, 0.3) is 22.3 Å². The van der Waals surface area contributed by atoms with Crippen LogP contribution in [0.4, 0.5) is 35.1 Å². The van der Waals surface area contributed by atoms with Gasteiger partial charge in [0.1, 0.15) is 24.7 Å². The van der Waals surface area contributed by atoms with Gasteiger partial charge in [-0.25, -0.2) is 8.78 Å². The zero-order valence-electron chi connectivity index (χ0n) is 83.8. The third kappa shape index (κ3) is 19.0. The summed E-state index contributed by atoms with van der Waals surface area (Å²) in [5, 5.41) is -0.722. The van der Waals surface area contributed by atoms with Crippen LogP contribution in [0.5, 0.6) is 0 Å². The highest BCUT2D eigenvalue weighted by molar-refractivity contribution is 7.98. The second-order valence-corrected chi connectivity index (χ2v) is 22.7. The summed E-state index contributed by atoms with van der Waals surface area (Å²) in [6.45, 7) is -26.4. The van der Waals surface area contributed by atoms with E-state index in [-0.39, 0.29) is 60.9 Å². The van der Waals surface area contributed by atoms with Gasteiger partial charge in [-0.05, 0) is 169 Å². The van der Waals surface area contributed by atoms with Crippen LogP contribution in [0.1, 0.15) is 146 Å². The molecule has 6 aromatic carbocycles. The van der Waals surface area contributed by atoms with E-state index in [4.69, 9.17) is 41.1 Å². The van der Waals surface area contributed by atoms with E-state index in [2.05, 4.69) is 9.97 Å². The number of nitrogens with zero attached hydrogens (tertiary/aromatic N) is 8. The van der Waals surface area contributed by atoms with Crippen LogP contribution < -0.4 is 11.1 Å². The SMILES string of the molecule is [2H]c1c([2H])c(-c2c([2H])c([2H])c(C(F)(F)F)c([2H])c2[2H])c([2H])c(C)c1CN(C(=O)Cn1c(SCc2ccc(F)cc2)nc(=O)c2c1C([2H])([2H])C([2H])(C)C2([2H])[2H])C([2H])([2H])C([2H])([2H])N(C([2H])([2H])C)C([2H])([2H])C.[2H]c1c([2H])c(CSc2nc(=O)c3c(n2CC(=O)N(Cc2ccc(-c4ccc(C(F)(F)F)cc4)cc2)C([2H])([2H])C([2H])([2H])N(C([2H])([2H])C)C([2H])([2H])C)CCC3)c([2H])c([2H])c1F. The van der Waals surface area contributed by atoms with E-state index in [0.717, 1.165) is 63.7 Å². The minimum absolute atomic E-state index is 0.0256. The summed E-state index contributed by atoms with van der Waals surface area (Å²) >= 11 is 1.35. The Balaban J connectivity index is 0.000000292. The van der Waals surface area contributed by atoms with Crippen molar-refractivity contribution >= 4 is 35.3 Å². The Kier molecular flexibility index (Phi) is 13.9. The summed E-state index contributed by atoms with van der Waals surface area (Å²) in [4.78, 5) is 64.8. The van der Waals surface area contributed by atoms with Gasteiger partial charge < -0.3 is 28.7 Å². The molecule has 0 saturated carbocycles. The van der Waals surface area contributed by atoms with Gasteiger partial charge in [0.05, 0.1) is 31.7 Å². The number of rotatable bonds is 26. The van der Waals surface area contributed by atoms with E-state index in [1.54, 1.807) is 0 Å². The zero-order chi connectivity index (χ0) is 97.3. The predicted molar refractivity (Wildman–Crippen MR) is 362 cm³/mol. The molecule has 0 radical (unpaired) electrons. The summed E-state index contributed by atoms with van der Waals surface area (Å²) in [7, 11) is 0. The third-order valence-corrected chi connectivity index (χ3v) is 16.4. The molecule has 12 nitrogen and oxygen atoms in total. The first kappa shape index (κ1) is 40.7. The zero-order valence-corrected chi connectivity index (χ0v) is 53.5. The normalized spacial score (nSPS) is 21.5. The van der Waals surface area contributed by atoms with Crippen molar-refractivity contribution in [3.63, 3.8) is 0 Å². The monoisotopic (exact) mass is 1390 g/mol. The van der Waals surface area contributed by atoms with Crippen LogP contribution in [-0.4, -0.2) is 102 Å². The number of amides is 2. The van der Waals surface area contributed by atoms with Crippen molar-refractivity contribution in [3.05, 3.63) is 233 Å². The number of carbonyl (C=O) groups excluding carboxylic acids is 2. The standard InChI is InChI=1S/C38H42F4N4O2S.C36H38F4N4O2S/c1-5-44(6-2)17-18-45(22-30-10-9-29(21-26(30)4)28-11-13-31(14-12-28)38(40,41)42)35(47)23-46-34-20-25(3)19-33(34)36(48)43-37(46)49-24-27-7-15-32(39)16-8-27;1-3-42(4-2)20-21-43(22-25-8-12-27(13-9-25)28-14-16-29(17-15-28)36(38,39)40)33(45)23-44-32-7-5-6-31(32)34(46)41-35(44)47-24-26-10-18-30(37)19-11-26/h7-16,21,25H,5-6,17-20,22-24H2,1-4H3;8-19H,3-7,20-24H2,1-2H3/i5D2,6D2,9D,10D,11D,12D,13D,14D,17D2,18D2,19D2,20D2,21D,25D;3D2,4D2,10D,11D,18D,19D,20D2,21D2. The van der Waals surface area contributed by atoms with E-state index >= 15 is 4.79 Å². The van der Waals surface area contributed by atoms with Gasteiger partial charge in [0.15, 0.2) is 10.3 Å². The van der Waals surface area contributed by atoms with E-state index in [1.165, 1.54) is 53.1 Å². The Morgan fingerprint density at radius 3 is 1.62 bits per heavy atom. The van der Waals surface area contributed by atoms with Crippen LogP contribution in [0.3, 0.4) is 0 Å². The fourth-order valence-corrected chi connectivity index (χ4v) is 11.3. The topological polar surface area (TPSA) is 117 Å². The quantitative estimate of drug-likeness (QED) is 0.0295. The molecule has 0 aliphatic heterocycles. The Morgan fingerprint density at radius 1 is 0.573 bits per heavy atom. The number of hydrogen-bond donors (Lipinski definition) is 0. The molecule has 0 saturated heterocycles. The molecular weight excluding hydrogens is 1280 g/mol. The number of alkyl halides is 6. The van der Waals surface area contributed by atoms with Crippen molar-refractivity contribution in [2.24, 2.45) is 5.89 Å². The Hall–Kier alpha value is -7.92. The molecule has 96 heavy (non-hydrogen) atoms. The summed E-state index contributed by atoms with van der Waals surface area (Å²) in [6, 6.07) is 2.62. The van der Waals surface area contributed by atoms with Gasteiger partial charge in [-0.1, -0.05) is 149 Å². The van der Waals surface area contributed by atoms with Gasteiger partial charge in [-0.15, -0.1) is 0 Å². The van der Waals surface area contributed by atoms with Crippen LogP contribution >= 0.6 is 23.5 Å². The molecular formula is C74H80F8N8O4S2. The number of likely N-dealkylation sites (N-methyl/N-ethyl adjacent to an activating group) is 2. The maximum atomic E-state index is 15.1. The van der Waals surface area contributed by atoms with Gasteiger partial charge >= 0.3 is 12.4 Å². The molecule has 2 heterocycles. The minimum atomic E-state index is -5.39. The number of hydrogen-bond acceptors (Lipinski definition) is 10. The maximum absolute atomic E-state index is 15.1. The number of fused-ring (bicyclic) bond motifs is 2. The second kappa shape index (κ2) is 32.9. The van der Waals surface area contributed by atoms with Crippen LogP contribution in [-0.2, 0) is 85.2 Å². The lowest BCUT2D eigenvalue weighted by Gasteiger charge is -2.28. The molecule has 22 heteroatoms. The minimum Gasteiger partial charge on any atom is -0.336 e. The molecule has 2 aromatic heterocycles. The van der Waals surface area contributed by atoms with Crippen molar-refractivity contribution < 1.29 is 88.6 Å². The molecule has 2 amide bonds. The molecule has 8 aromatic rings. The largest absolute Gasteiger partial charge is 0.416 e. The fraction of sp³-hybridized carbons (Fsp3) is 0.378. The Bertz CT molecular complexity index is 5680. The van der Waals surface area contributed by atoms with Gasteiger partial charge in [0, 0.05) is 96.4 Å². The lowest BCUT2D eigenvalue weighted by Crippen LogP contribution is -2.40. The van der Waals surface area contributed by atoms with E-state index < -0.39 is 260 Å². The number of carbonyl (C=O) groups is 2. The van der Waals surface area contributed by atoms with Crippen LogP contribution in [0.15, 0.2) is 159 Å². The molecule has 2 aliphatic rings. The number of thioether (sulfide) groups is 2. The van der Waals surface area contributed by atoms with Crippen molar-refractivity contribution in [3.8, 4) is 22.3 Å². The first-order valence-corrected chi connectivity index (χ1v) is 30.9. The first-order chi connectivity index (χ1) is 58.1. The van der Waals surface area contributed by atoms with E-state index in [1.807, 2.05) is 0 Å². The van der Waals surface area contributed by atoms with Gasteiger partial charge in [-0.2, -0.15) is 36.3 Å². The summed E-state index contributed by atoms with van der Waals surface area (Å²) < 4.78 is 386. The summed E-state index contributed by atoms with van der Waals surface area (Å²) in [5.41, 5.74) is -8.18. The van der Waals surface area contributed by atoms with Crippen molar-refractivity contribution in [2.75, 3.05) is 52.0 Å². The van der Waals surface area contributed by atoms with Crippen molar-refractivity contribution in [1.82, 2.24) is 38.7 Å². The average molecular weight is 1390 g/mol. The molecule has 0 fully saturated rings. The van der Waals surface area contributed by atoms with Crippen LogP contribution in [0.2, 0.25) is 0 Å². The molecule has 1 atom stereocenters. The summed E-state index contributed by atoms with van der Waals surface area (Å²) in [5.74, 6) is -8.20. The highest BCUT2D eigenvalue weighted by atomic mass is 32.2. The van der Waals surface area contributed by atoms with E-state index in [0.29, 0.717) is 63.9 Å². The first-order valence-electron chi connectivity index (χ1n) is 44.9. The molecule has 1 unspecified atom stereocenters. The molecule has 508 valence electrons. The maximum Gasteiger partial charge on any atom is 0.416 e. The number of aromatic nitrogens is 4. The number of benzene rings is 6. The van der Waals surface area contributed by atoms with Gasteiger partial charge in [0.2, 0.25) is 11.8 Å². The molecule has 10 rings (SSSR count). The lowest BCUT2D eigenvalue weighted by molar-refractivity contribution is -0.138. The smallest absolute Gasteiger partial charge is 0.336 e. The Labute approximate surface area is 608 Å². The van der Waals surface area contributed by atoms with E-state index in [9.17, 15) is 52.2 Å². The Morgan fingerprint density at radius 2 is 1.07 bits per heavy atom. The molecule has 0 spiro atoms. The molecule has 2 aliphatic carbocycles. The summed E-state index contributed by atoms with van der Waals surface area (Å²) in [6.07, 6.45) is -15.3. The molecule has 0 bridgehead atoms. The lowest BCUT2D eigenvalue weighted by atomic mass is 9.98. The highest BCUT2D eigenvalue weighted by Crippen LogP contribution is 2.35. The highest BCUT2D eigenvalue weighted by Gasteiger charge is 2.33. The molecule has 0 N–H and O–H groups in total. The van der Waals surface area contributed by atoms with Crippen molar-refractivity contribution in [2.45, 2.75) is 134 Å². The average Bonchev–Trinajstić information content (AvgIpc) is 1.49. The third-order valence-electron chi connectivity index (χ3n) is 14.3.